The van der Waals surface area contributed by atoms with E-state index in [1.54, 1.807) is 12.4 Å². The molecule has 1 rings (SSSR count). The van der Waals surface area contributed by atoms with Crippen LogP contribution in [-0.4, -0.2) is 15.9 Å². The van der Waals surface area contributed by atoms with Crippen LogP contribution in [0.4, 0.5) is 0 Å². The molecule has 0 unspecified atom stereocenters. The summed E-state index contributed by atoms with van der Waals surface area (Å²) in [5.41, 5.74) is 0. The van der Waals surface area contributed by atoms with E-state index in [9.17, 15) is 0 Å². The van der Waals surface area contributed by atoms with Gasteiger partial charge in [0.15, 0.2) is 0 Å². The Kier molecular flexibility index (Phi) is 4.06. The molecule has 0 saturated carbocycles. The predicted octanol–water partition coefficient (Wildman–Crippen LogP) is 0.349. The standard InChI is InChI=1S/C5H5N3.W/c1-2-7-8-4-3-6-5-8;/h2-4H,1H2;/q-2;+2/b7-2-;. The van der Waals surface area contributed by atoms with Crippen molar-refractivity contribution in [1.29, 1.82) is 0 Å². The van der Waals surface area contributed by atoms with Gasteiger partial charge in [-0.25, -0.2) is 5.10 Å². The van der Waals surface area contributed by atoms with Crippen molar-refractivity contribution in [1.82, 2.24) is 9.66 Å². The van der Waals surface area contributed by atoms with E-state index in [2.05, 4.69) is 23.3 Å². The maximum absolute atomic E-state index is 3.73. The van der Waals surface area contributed by atoms with Gasteiger partial charge in [0.2, 0.25) is 0 Å². The van der Waals surface area contributed by atoms with Gasteiger partial charge in [0.05, 0.1) is 0 Å². The Morgan fingerprint density at radius 3 is 3.00 bits per heavy atom. The number of aromatic nitrogens is 2. The summed E-state index contributed by atoms with van der Waals surface area (Å²) in [6.45, 7) is 3.40. The molecule has 0 aliphatic heterocycles. The van der Waals surface area contributed by atoms with Gasteiger partial charge >= 0.3 is 21.1 Å². The molecule has 4 heteroatoms. The van der Waals surface area contributed by atoms with Crippen LogP contribution in [0.2, 0.25) is 0 Å². The Labute approximate surface area is 68.1 Å². The van der Waals surface area contributed by atoms with Crippen LogP contribution in [-0.2, 0) is 21.1 Å². The minimum absolute atomic E-state index is 0. The normalized spacial score (nSPS) is 9.33. The molecule has 0 radical (unpaired) electrons. The first-order valence-electron chi connectivity index (χ1n) is 2.16. The van der Waals surface area contributed by atoms with Gasteiger partial charge in [-0.2, -0.15) is 0 Å². The van der Waals surface area contributed by atoms with Crippen molar-refractivity contribution in [2.75, 3.05) is 0 Å². The molecule has 0 amide bonds. The van der Waals surface area contributed by atoms with Crippen molar-refractivity contribution >= 4 is 6.21 Å². The quantitative estimate of drug-likeness (QED) is 0.542. The van der Waals surface area contributed by atoms with Crippen molar-refractivity contribution in [3.63, 3.8) is 0 Å². The maximum atomic E-state index is 3.73. The molecular formula is C5H5N3W. The zero-order valence-corrected chi connectivity index (χ0v) is 7.62. The summed E-state index contributed by atoms with van der Waals surface area (Å²) in [7, 11) is 0. The average molecular weight is 291 g/mol. The molecule has 0 fully saturated rings. The Balaban J connectivity index is 0.000000640. The van der Waals surface area contributed by atoms with Gasteiger partial charge in [-0.3, -0.25) is 0 Å². The van der Waals surface area contributed by atoms with Crippen LogP contribution < -0.4 is 0 Å². The summed E-state index contributed by atoms with van der Waals surface area (Å²) in [5, 5.41) is 3.73. The van der Waals surface area contributed by atoms with Gasteiger partial charge in [0.25, 0.3) is 0 Å². The van der Waals surface area contributed by atoms with Crippen LogP contribution in [0, 0.1) is 13.3 Å². The minimum Gasteiger partial charge on any atom is -0.385 e. The van der Waals surface area contributed by atoms with Crippen molar-refractivity contribution in [3.8, 4) is 0 Å². The fraction of sp³-hybridized carbons (Fsp3) is 0. The number of imidazole rings is 1. The SMILES string of the molecule is [CH2-]/C=N\n1[c-]ncc1.[W+2]. The maximum Gasteiger partial charge on any atom is 2.00 e. The van der Waals surface area contributed by atoms with Crippen LogP contribution >= 0.6 is 0 Å². The number of rotatable bonds is 1. The second-order valence-corrected chi connectivity index (χ2v) is 1.17. The summed E-state index contributed by atoms with van der Waals surface area (Å²) < 4.78 is 1.45. The van der Waals surface area contributed by atoms with E-state index in [1.165, 1.54) is 10.9 Å². The summed E-state index contributed by atoms with van der Waals surface area (Å²) in [6, 6.07) is 0. The molecule has 1 aromatic heterocycles. The third-order valence-corrected chi connectivity index (χ3v) is 0.649. The van der Waals surface area contributed by atoms with Crippen LogP contribution in [0.1, 0.15) is 0 Å². The zero-order chi connectivity index (χ0) is 5.82. The summed E-state index contributed by atoms with van der Waals surface area (Å²) >= 11 is 0. The zero-order valence-electron chi connectivity index (χ0n) is 4.69. The van der Waals surface area contributed by atoms with Crippen LogP contribution in [0.5, 0.6) is 0 Å². The van der Waals surface area contributed by atoms with E-state index in [0.717, 1.165) is 0 Å². The number of nitrogens with zero attached hydrogens (tertiary/aromatic N) is 3. The van der Waals surface area contributed by atoms with Gasteiger partial charge < -0.3 is 16.6 Å². The predicted molar refractivity (Wildman–Crippen MR) is 30.3 cm³/mol. The molecule has 0 aliphatic rings. The molecular weight excluding hydrogens is 286 g/mol. The van der Waals surface area contributed by atoms with Gasteiger partial charge in [-0.1, -0.05) is 0 Å². The smallest absolute Gasteiger partial charge is 0.385 e. The molecule has 46 valence electrons. The molecule has 0 spiro atoms. The van der Waals surface area contributed by atoms with Gasteiger partial charge in [-0.05, 0) is 0 Å². The summed E-state index contributed by atoms with van der Waals surface area (Å²) in [6.07, 6.45) is 7.28. The van der Waals surface area contributed by atoms with Crippen molar-refractivity contribution in [2.24, 2.45) is 5.10 Å². The molecule has 0 bridgehead atoms. The topological polar surface area (TPSA) is 30.2 Å². The first kappa shape index (κ1) is 8.44. The van der Waals surface area contributed by atoms with E-state index in [0.29, 0.717) is 0 Å². The molecule has 9 heavy (non-hydrogen) atoms. The number of hydrogen-bond acceptors (Lipinski definition) is 2. The van der Waals surface area contributed by atoms with Crippen molar-refractivity contribution in [3.05, 3.63) is 25.6 Å². The molecule has 0 aromatic carbocycles. The average Bonchev–Trinajstić information content (AvgIpc) is 2.19. The minimum atomic E-state index is 0. The fourth-order valence-corrected chi connectivity index (χ4v) is 0.375. The summed E-state index contributed by atoms with van der Waals surface area (Å²) in [4.78, 5) is 3.64. The molecule has 1 heterocycles. The van der Waals surface area contributed by atoms with Crippen LogP contribution in [0.3, 0.4) is 0 Å². The van der Waals surface area contributed by atoms with Crippen molar-refractivity contribution in [2.45, 2.75) is 0 Å². The Hall–Kier alpha value is -0.562. The second kappa shape index (κ2) is 4.33. The van der Waals surface area contributed by atoms with E-state index in [-0.39, 0.29) is 21.1 Å². The molecule has 3 nitrogen and oxygen atoms in total. The number of hydrogen-bond donors (Lipinski definition) is 0. The Bertz CT molecular complexity index is 168. The Morgan fingerprint density at radius 2 is 2.56 bits per heavy atom. The van der Waals surface area contributed by atoms with Gasteiger partial charge in [-0.15, -0.1) is 18.6 Å². The molecule has 0 atom stereocenters. The monoisotopic (exact) mass is 291 g/mol. The third kappa shape index (κ3) is 2.47. The first-order valence-corrected chi connectivity index (χ1v) is 2.16. The van der Waals surface area contributed by atoms with Crippen LogP contribution in [0.15, 0.2) is 17.5 Å². The fourth-order valence-electron chi connectivity index (χ4n) is 0.375. The van der Waals surface area contributed by atoms with Gasteiger partial charge in [0, 0.05) is 6.33 Å². The van der Waals surface area contributed by atoms with E-state index >= 15 is 0 Å². The molecule has 0 saturated heterocycles. The van der Waals surface area contributed by atoms with Crippen molar-refractivity contribution < 1.29 is 21.1 Å². The van der Waals surface area contributed by atoms with E-state index in [4.69, 9.17) is 0 Å². The third-order valence-electron chi connectivity index (χ3n) is 0.649. The molecule has 1 aromatic rings. The summed E-state index contributed by atoms with van der Waals surface area (Å²) in [5.74, 6) is 0. The Morgan fingerprint density at radius 1 is 1.78 bits per heavy atom. The van der Waals surface area contributed by atoms with Gasteiger partial charge in [0.1, 0.15) is 0 Å². The second-order valence-electron chi connectivity index (χ2n) is 1.17. The van der Waals surface area contributed by atoms with Crippen LogP contribution in [0.25, 0.3) is 0 Å². The molecule has 0 N–H and O–H groups in total. The largest absolute Gasteiger partial charge is 2.00 e. The van der Waals surface area contributed by atoms with E-state index in [1.807, 2.05) is 0 Å². The first-order chi connectivity index (χ1) is 3.93. The van der Waals surface area contributed by atoms with E-state index < -0.39 is 0 Å². The molecule has 0 aliphatic carbocycles.